The molecule has 0 aliphatic heterocycles. The van der Waals surface area contributed by atoms with Gasteiger partial charge >= 0.3 is 5.97 Å². The highest BCUT2D eigenvalue weighted by Crippen LogP contribution is 2.36. The monoisotopic (exact) mass is 328 g/mol. The predicted octanol–water partition coefficient (Wildman–Crippen LogP) is 3.43. The highest BCUT2D eigenvalue weighted by atomic mass is 16.5. The van der Waals surface area contributed by atoms with Crippen LogP contribution in [0.5, 0.6) is 11.5 Å². The molecule has 0 amide bonds. The second-order valence-corrected chi connectivity index (χ2v) is 5.27. The quantitative estimate of drug-likeness (QED) is 0.462. The van der Waals surface area contributed by atoms with Gasteiger partial charge in [-0.15, -0.1) is 0 Å². The van der Waals surface area contributed by atoms with Crippen molar-refractivity contribution in [3.63, 3.8) is 0 Å². The highest BCUT2D eigenvalue weighted by molar-refractivity contribution is 6.06. The summed E-state index contributed by atoms with van der Waals surface area (Å²) in [5.41, 5.74) is 3.32. The van der Waals surface area contributed by atoms with Gasteiger partial charge in [0.1, 0.15) is 17.9 Å². The van der Waals surface area contributed by atoms with Gasteiger partial charge in [0.15, 0.2) is 5.78 Å². The normalized spacial score (nSPS) is 10.2. The molecule has 24 heavy (non-hydrogen) atoms. The second kappa shape index (κ2) is 7.64. The molecule has 0 atom stereocenters. The van der Waals surface area contributed by atoms with E-state index in [0.29, 0.717) is 11.3 Å². The molecule has 2 rings (SSSR count). The third-order valence-corrected chi connectivity index (χ3v) is 3.76. The fraction of sp³-hybridized carbons (Fsp3) is 0.263. The molecule has 5 nitrogen and oxygen atoms in total. The van der Waals surface area contributed by atoms with Crippen LogP contribution in [0.2, 0.25) is 0 Å². The average molecular weight is 328 g/mol. The summed E-state index contributed by atoms with van der Waals surface area (Å²) in [5, 5.41) is 0. The number of ketones is 1. The second-order valence-electron chi connectivity index (χ2n) is 5.27. The number of esters is 1. The Bertz CT molecular complexity index is 747. The average Bonchev–Trinajstić information content (AvgIpc) is 2.60. The first kappa shape index (κ1) is 17.5. The molecule has 5 heteroatoms. The number of hydrogen-bond acceptors (Lipinski definition) is 5. The molecule has 0 aliphatic carbocycles. The van der Waals surface area contributed by atoms with Crippen LogP contribution in [0.15, 0.2) is 36.4 Å². The summed E-state index contributed by atoms with van der Waals surface area (Å²) in [6.45, 7) is 1.97. The maximum atomic E-state index is 12.0. The number of carbonyl (C=O) groups excluding carboxylic acids is 2. The SMILES string of the molecule is COC(=O)CC(=O)c1ccc(-c2c(C)cc(OC)cc2OC)cc1. The number of benzene rings is 2. The van der Waals surface area contributed by atoms with E-state index in [-0.39, 0.29) is 12.2 Å². The number of rotatable bonds is 6. The van der Waals surface area contributed by atoms with Crippen molar-refractivity contribution < 1.29 is 23.8 Å². The summed E-state index contributed by atoms with van der Waals surface area (Å²) in [5.74, 6) is 0.599. The lowest BCUT2D eigenvalue weighted by molar-refractivity contribution is -0.139. The van der Waals surface area contributed by atoms with Gasteiger partial charge in [-0.1, -0.05) is 24.3 Å². The summed E-state index contributed by atoms with van der Waals surface area (Å²) in [6, 6.07) is 10.8. The smallest absolute Gasteiger partial charge is 0.313 e. The van der Waals surface area contributed by atoms with E-state index < -0.39 is 5.97 Å². The van der Waals surface area contributed by atoms with Crippen molar-refractivity contribution in [3.05, 3.63) is 47.5 Å². The molecule has 0 bridgehead atoms. The molecule has 2 aromatic rings. The maximum Gasteiger partial charge on any atom is 0.313 e. The molecule has 0 saturated heterocycles. The van der Waals surface area contributed by atoms with Crippen molar-refractivity contribution in [2.24, 2.45) is 0 Å². The molecule has 0 radical (unpaired) electrons. The topological polar surface area (TPSA) is 61.8 Å². The van der Waals surface area contributed by atoms with Gasteiger partial charge in [-0.3, -0.25) is 9.59 Å². The zero-order valence-corrected chi connectivity index (χ0v) is 14.2. The van der Waals surface area contributed by atoms with Crippen LogP contribution in [0.4, 0.5) is 0 Å². The van der Waals surface area contributed by atoms with Crippen molar-refractivity contribution in [1.82, 2.24) is 0 Å². The number of carbonyl (C=O) groups is 2. The Morgan fingerprint density at radius 3 is 2.17 bits per heavy atom. The molecule has 0 fully saturated rings. The Kier molecular flexibility index (Phi) is 5.58. The molecule has 126 valence electrons. The molecule has 0 spiro atoms. The molecular weight excluding hydrogens is 308 g/mol. The molecule has 0 aromatic heterocycles. The van der Waals surface area contributed by atoms with E-state index in [9.17, 15) is 9.59 Å². The maximum absolute atomic E-state index is 12.0. The summed E-state index contributed by atoms with van der Waals surface area (Å²) >= 11 is 0. The fourth-order valence-corrected chi connectivity index (χ4v) is 2.50. The van der Waals surface area contributed by atoms with Gasteiger partial charge in [0.25, 0.3) is 0 Å². The van der Waals surface area contributed by atoms with E-state index in [1.165, 1.54) is 7.11 Å². The van der Waals surface area contributed by atoms with Gasteiger partial charge in [0, 0.05) is 17.2 Å². The minimum atomic E-state index is -0.545. The molecule has 0 saturated carbocycles. The lowest BCUT2D eigenvalue weighted by Crippen LogP contribution is -2.09. The minimum absolute atomic E-state index is 0.263. The van der Waals surface area contributed by atoms with E-state index in [1.54, 1.807) is 26.4 Å². The molecular formula is C19H20O5. The Labute approximate surface area is 141 Å². The zero-order valence-electron chi connectivity index (χ0n) is 14.2. The van der Waals surface area contributed by atoms with Crippen molar-refractivity contribution >= 4 is 11.8 Å². The highest BCUT2D eigenvalue weighted by Gasteiger charge is 2.15. The Hall–Kier alpha value is -2.82. The first-order valence-corrected chi connectivity index (χ1v) is 7.43. The van der Waals surface area contributed by atoms with Crippen LogP contribution >= 0.6 is 0 Å². The lowest BCUT2D eigenvalue weighted by Gasteiger charge is -2.14. The van der Waals surface area contributed by atoms with Crippen LogP contribution in [0.3, 0.4) is 0 Å². The minimum Gasteiger partial charge on any atom is -0.497 e. The van der Waals surface area contributed by atoms with Crippen LogP contribution < -0.4 is 9.47 Å². The van der Waals surface area contributed by atoms with Crippen molar-refractivity contribution in [1.29, 1.82) is 0 Å². The van der Waals surface area contributed by atoms with E-state index >= 15 is 0 Å². The van der Waals surface area contributed by atoms with Gasteiger partial charge in [-0.25, -0.2) is 0 Å². The third-order valence-electron chi connectivity index (χ3n) is 3.76. The van der Waals surface area contributed by atoms with Crippen molar-refractivity contribution in [2.75, 3.05) is 21.3 Å². The van der Waals surface area contributed by atoms with Crippen LogP contribution in [0.1, 0.15) is 22.3 Å². The first-order chi connectivity index (χ1) is 11.5. The summed E-state index contributed by atoms with van der Waals surface area (Å²) in [6.07, 6.45) is -0.263. The fourth-order valence-electron chi connectivity index (χ4n) is 2.50. The van der Waals surface area contributed by atoms with Gasteiger partial charge < -0.3 is 14.2 Å². The summed E-state index contributed by atoms with van der Waals surface area (Å²) in [4.78, 5) is 23.2. The van der Waals surface area contributed by atoms with Crippen LogP contribution in [-0.4, -0.2) is 33.1 Å². The zero-order chi connectivity index (χ0) is 17.7. The van der Waals surface area contributed by atoms with E-state index in [0.717, 1.165) is 22.4 Å². The van der Waals surface area contributed by atoms with Gasteiger partial charge in [-0.2, -0.15) is 0 Å². The standard InChI is InChI=1S/C19H20O5/c1-12-9-15(22-2)10-17(23-3)19(12)14-7-5-13(6-8-14)16(20)11-18(21)24-4/h5-10H,11H2,1-4H3. The lowest BCUT2D eigenvalue weighted by atomic mass is 9.97. The van der Waals surface area contributed by atoms with E-state index in [4.69, 9.17) is 9.47 Å². The number of hydrogen-bond donors (Lipinski definition) is 0. The Morgan fingerprint density at radius 1 is 0.958 bits per heavy atom. The number of ether oxygens (including phenoxy) is 3. The predicted molar refractivity (Wildman–Crippen MR) is 90.7 cm³/mol. The van der Waals surface area contributed by atoms with Crippen molar-refractivity contribution in [3.8, 4) is 22.6 Å². The van der Waals surface area contributed by atoms with Crippen LogP contribution in [0.25, 0.3) is 11.1 Å². The molecule has 0 heterocycles. The van der Waals surface area contributed by atoms with Gasteiger partial charge in [-0.05, 0) is 24.1 Å². The number of aryl methyl sites for hydroxylation is 1. The molecule has 0 unspecified atom stereocenters. The van der Waals surface area contributed by atoms with Crippen LogP contribution in [0, 0.1) is 6.92 Å². The third kappa shape index (κ3) is 3.74. The summed E-state index contributed by atoms with van der Waals surface area (Å²) in [7, 11) is 4.47. The number of methoxy groups -OCH3 is 3. The Balaban J connectivity index is 2.34. The van der Waals surface area contributed by atoms with Crippen molar-refractivity contribution in [2.45, 2.75) is 13.3 Å². The van der Waals surface area contributed by atoms with E-state index in [2.05, 4.69) is 4.74 Å². The largest absolute Gasteiger partial charge is 0.497 e. The first-order valence-electron chi connectivity index (χ1n) is 7.43. The number of Topliss-reactive ketones (excluding diaryl/α,β-unsaturated/α-hetero) is 1. The Morgan fingerprint density at radius 2 is 1.62 bits per heavy atom. The summed E-state index contributed by atoms with van der Waals surface area (Å²) < 4.78 is 15.2. The molecule has 2 aromatic carbocycles. The van der Waals surface area contributed by atoms with Gasteiger partial charge in [0.2, 0.25) is 0 Å². The molecule has 0 N–H and O–H groups in total. The van der Waals surface area contributed by atoms with Gasteiger partial charge in [0.05, 0.1) is 21.3 Å². The van der Waals surface area contributed by atoms with E-state index in [1.807, 2.05) is 31.2 Å². The van der Waals surface area contributed by atoms with Crippen LogP contribution in [-0.2, 0) is 9.53 Å². The molecule has 0 aliphatic rings.